The minimum absolute atomic E-state index is 1.14. The maximum atomic E-state index is 2.44. The van der Waals surface area contributed by atoms with Crippen LogP contribution in [0.4, 0.5) is 0 Å². The predicted octanol–water partition coefficient (Wildman–Crippen LogP) is 19.8. The third-order valence-corrected chi connectivity index (χ3v) is 16.0. The summed E-state index contributed by atoms with van der Waals surface area (Å²) < 4.78 is 4.85. The van der Waals surface area contributed by atoms with Gasteiger partial charge in [-0.15, -0.1) is 0 Å². The maximum Gasteiger partial charge on any atom is 0.0547 e. The van der Waals surface area contributed by atoms with Gasteiger partial charge in [0.25, 0.3) is 0 Å². The Hall–Kier alpha value is -9.76. The molecule has 0 fully saturated rings. The summed E-state index contributed by atoms with van der Waals surface area (Å²) in [5, 5.41) is 20.3. The van der Waals surface area contributed by atoms with Crippen LogP contribution >= 0.6 is 0 Å². The van der Waals surface area contributed by atoms with Crippen molar-refractivity contribution < 1.29 is 0 Å². The first-order valence-corrected chi connectivity index (χ1v) is 25.7. The van der Waals surface area contributed by atoms with Crippen molar-refractivity contribution in [2.24, 2.45) is 0 Å². The zero-order valence-corrected chi connectivity index (χ0v) is 40.3. The Morgan fingerprint density at radius 2 is 0.541 bits per heavy atom. The molecule has 0 atom stereocenters. The van der Waals surface area contributed by atoms with Gasteiger partial charge in [-0.1, -0.05) is 194 Å². The number of rotatable bonds is 5. The van der Waals surface area contributed by atoms with Crippen LogP contribution in [0.15, 0.2) is 267 Å². The molecule has 16 aromatic rings. The molecule has 16 rings (SSSR count). The first-order chi connectivity index (χ1) is 36.7. The van der Waals surface area contributed by atoms with Gasteiger partial charge in [0.1, 0.15) is 0 Å². The average molecular weight is 937 g/mol. The standard InChI is InChI=1S/C72H44N2/c1-2-17-50(18-3-1)73-69-30-13-11-27-63(69)72-52(28-15-31-71(72)73)49-34-38-61-60-37-32-46(41-65(60)57-24-8-9-25-58(57)66(61)44-49)45-16-14-19-51(40-45)74-68-29-12-10-26-62(68)67-43-48(35-39-70(67)74)47-33-36-59-55-22-5-4-20-53(55)54-21-6-7-23-56(54)64(59)42-47/h1-44H. The van der Waals surface area contributed by atoms with Crippen molar-refractivity contribution in [1.29, 1.82) is 0 Å². The van der Waals surface area contributed by atoms with E-state index in [2.05, 4.69) is 276 Å². The molecule has 0 N–H and O–H groups in total. The molecule has 0 unspecified atom stereocenters. The molecular formula is C72H44N2. The van der Waals surface area contributed by atoms with Crippen LogP contribution in [0.3, 0.4) is 0 Å². The molecular weight excluding hydrogens is 893 g/mol. The molecule has 2 heteroatoms. The van der Waals surface area contributed by atoms with Gasteiger partial charge >= 0.3 is 0 Å². The fourth-order valence-electron chi connectivity index (χ4n) is 12.8. The minimum Gasteiger partial charge on any atom is -0.309 e. The highest BCUT2D eigenvalue weighted by molar-refractivity contribution is 6.28. The summed E-state index contributed by atoms with van der Waals surface area (Å²) in [4.78, 5) is 0. The normalized spacial score (nSPS) is 12.1. The van der Waals surface area contributed by atoms with E-state index < -0.39 is 0 Å². The van der Waals surface area contributed by atoms with Crippen molar-refractivity contribution in [1.82, 2.24) is 9.13 Å². The van der Waals surface area contributed by atoms with Crippen LogP contribution in [0.2, 0.25) is 0 Å². The molecule has 0 bridgehead atoms. The van der Waals surface area contributed by atoms with E-state index >= 15 is 0 Å². The molecule has 2 nitrogen and oxygen atoms in total. The number of nitrogens with zero attached hydrogens (tertiary/aromatic N) is 2. The third-order valence-electron chi connectivity index (χ3n) is 16.0. The van der Waals surface area contributed by atoms with Crippen LogP contribution in [0.25, 0.3) is 153 Å². The lowest BCUT2D eigenvalue weighted by molar-refractivity contribution is 1.18. The zero-order valence-electron chi connectivity index (χ0n) is 40.3. The average Bonchev–Trinajstić information content (AvgIpc) is 4.01. The van der Waals surface area contributed by atoms with E-state index in [0.29, 0.717) is 0 Å². The lowest BCUT2D eigenvalue weighted by Gasteiger charge is -2.15. The van der Waals surface area contributed by atoms with Crippen molar-refractivity contribution in [3.05, 3.63) is 267 Å². The summed E-state index contributed by atoms with van der Waals surface area (Å²) in [7, 11) is 0. The van der Waals surface area contributed by atoms with Crippen molar-refractivity contribution in [3.63, 3.8) is 0 Å². The molecule has 0 aliphatic rings. The second kappa shape index (κ2) is 15.9. The largest absolute Gasteiger partial charge is 0.309 e. The zero-order chi connectivity index (χ0) is 48.4. The number of hydrogen-bond donors (Lipinski definition) is 0. The van der Waals surface area contributed by atoms with Gasteiger partial charge in [0.2, 0.25) is 0 Å². The predicted molar refractivity (Wildman–Crippen MR) is 316 cm³/mol. The number of para-hydroxylation sites is 3. The van der Waals surface area contributed by atoms with E-state index in [0.717, 1.165) is 5.69 Å². The lowest BCUT2D eigenvalue weighted by atomic mass is 9.90. The highest BCUT2D eigenvalue weighted by atomic mass is 15.0. The fourth-order valence-corrected chi connectivity index (χ4v) is 12.8. The first kappa shape index (κ1) is 40.9. The van der Waals surface area contributed by atoms with E-state index in [1.165, 1.54) is 147 Å². The quantitative estimate of drug-likeness (QED) is 0.152. The minimum atomic E-state index is 1.14. The summed E-state index contributed by atoms with van der Waals surface area (Å²) in [5.41, 5.74) is 14.4. The van der Waals surface area contributed by atoms with E-state index in [1.807, 2.05) is 0 Å². The Labute approximate surface area is 426 Å². The number of fused-ring (bicyclic) bond motifs is 18. The van der Waals surface area contributed by atoms with Gasteiger partial charge in [0.15, 0.2) is 0 Å². The van der Waals surface area contributed by atoms with Crippen molar-refractivity contribution in [3.8, 4) is 44.8 Å². The van der Waals surface area contributed by atoms with E-state index in [1.54, 1.807) is 0 Å². The molecule has 0 amide bonds. The molecule has 0 radical (unpaired) electrons. The van der Waals surface area contributed by atoms with Crippen molar-refractivity contribution in [2.45, 2.75) is 0 Å². The second-order valence-electron chi connectivity index (χ2n) is 19.9. The van der Waals surface area contributed by atoms with Gasteiger partial charge in [0.05, 0.1) is 22.1 Å². The Bertz CT molecular complexity index is 4960. The third kappa shape index (κ3) is 6.00. The first-order valence-electron chi connectivity index (χ1n) is 25.7. The smallest absolute Gasteiger partial charge is 0.0547 e. The Kier molecular flexibility index (Phi) is 8.78. The summed E-state index contributed by atoms with van der Waals surface area (Å²) in [6.07, 6.45) is 0. The molecule has 0 spiro atoms. The van der Waals surface area contributed by atoms with Crippen LogP contribution in [-0.2, 0) is 0 Å². The van der Waals surface area contributed by atoms with Crippen LogP contribution in [0, 0.1) is 0 Å². The molecule has 2 heterocycles. The van der Waals surface area contributed by atoms with Gasteiger partial charge < -0.3 is 9.13 Å². The topological polar surface area (TPSA) is 9.86 Å². The SMILES string of the molecule is c1ccc(-n2c3ccccc3c3c(-c4ccc5c6ccc(-c7cccc(-n8c9ccccc9c9cc(-c%10ccc%11c%12ccccc%12c%12ccccc%12c%11c%10)ccc98)c7)cc6c6ccccc6c5c4)cccc32)cc1. The van der Waals surface area contributed by atoms with Crippen LogP contribution in [0.1, 0.15) is 0 Å². The lowest BCUT2D eigenvalue weighted by Crippen LogP contribution is -1.94. The van der Waals surface area contributed by atoms with E-state index in [4.69, 9.17) is 0 Å². The highest BCUT2D eigenvalue weighted by Crippen LogP contribution is 2.44. The molecule has 0 saturated heterocycles. The maximum absolute atomic E-state index is 2.44. The Morgan fingerprint density at radius 1 is 0.176 bits per heavy atom. The molecule has 0 aliphatic heterocycles. The monoisotopic (exact) mass is 936 g/mol. The highest BCUT2D eigenvalue weighted by Gasteiger charge is 2.19. The van der Waals surface area contributed by atoms with Crippen LogP contribution in [0.5, 0.6) is 0 Å². The number of benzene rings is 14. The summed E-state index contributed by atoms with van der Waals surface area (Å²) in [5.74, 6) is 0. The van der Waals surface area contributed by atoms with E-state index in [-0.39, 0.29) is 0 Å². The molecule has 74 heavy (non-hydrogen) atoms. The van der Waals surface area contributed by atoms with Crippen LogP contribution < -0.4 is 0 Å². The summed E-state index contributed by atoms with van der Waals surface area (Å²) >= 11 is 0. The summed E-state index contributed by atoms with van der Waals surface area (Å²) in [6, 6.07) is 99.1. The van der Waals surface area contributed by atoms with Crippen LogP contribution in [-0.4, -0.2) is 9.13 Å². The molecule has 2 aromatic heterocycles. The second-order valence-corrected chi connectivity index (χ2v) is 19.9. The van der Waals surface area contributed by atoms with Gasteiger partial charge in [-0.2, -0.15) is 0 Å². The van der Waals surface area contributed by atoms with Crippen molar-refractivity contribution in [2.75, 3.05) is 0 Å². The number of hydrogen-bond acceptors (Lipinski definition) is 0. The van der Waals surface area contributed by atoms with Gasteiger partial charge in [-0.3, -0.25) is 0 Å². The van der Waals surface area contributed by atoms with E-state index in [9.17, 15) is 0 Å². The van der Waals surface area contributed by atoms with Gasteiger partial charge in [0, 0.05) is 32.9 Å². The molecule has 0 aliphatic carbocycles. The Morgan fingerprint density at radius 3 is 1.14 bits per heavy atom. The Balaban J connectivity index is 0.809. The number of aromatic nitrogens is 2. The van der Waals surface area contributed by atoms with Gasteiger partial charge in [-0.05, 0) is 171 Å². The molecule has 14 aromatic carbocycles. The molecule has 342 valence electrons. The fraction of sp³-hybridized carbons (Fsp3) is 0. The summed E-state index contributed by atoms with van der Waals surface area (Å²) in [6.45, 7) is 0. The molecule has 0 saturated carbocycles. The van der Waals surface area contributed by atoms with Crippen molar-refractivity contribution >= 4 is 108 Å². The van der Waals surface area contributed by atoms with Gasteiger partial charge in [-0.25, -0.2) is 0 Å².